The SMILES string of the molecule is CCCOC(=O)c1cc(O)c(O)c(O)c1.CN1C(=O)C(O)N=C(c2ccccc2)c2cc(Cl)ccc21. The summed E-state index contributed by atoms with van der Waals surface area (Å²) < 4.78 is 4.78. The fourth-order valence-electron chi connectivity index (χ4n) is 3.36. The van der Waals surface area contributed by atoms with Crippen molar-refractivity contribution < 1.29 is 34.8 Å². The minimum absolute atomic E-state index is 0.00347. The topological polar surface area (TPSA) is 140 Å². The van der Waals surface area contributed by atoms with Crippen LogP contribution >= 0.6 is 11.6 Å². The Hall–Kier alpha value is -4.08. The van der Waals surface area contributed by atoms with Gasteiger partial charge in [-0.15, -0.1) is 0 Å². The lowest BCUT2D eigenvalue weighted by Gasteiger charge is -2.18. The van der Waals surface area contributed by atoms with E-state index < -0.39 is 35.4 Å². The highest BCUT2D eigenvalue weighted by Gasteiger charge is 2.28. The van der Waals surface area contributed by atoms with Gasteiger partial charge in [-0.3, -0.25) is 4.79 Å². The van der Waals surface area contributed by atoms with Crippen LogP contribution in [-0.4, -0.2) is 57.9 Å². The summed E-state index contributed by atoms with van der Waals surface area (Å²) in [4.78, 5) is 29.0. The van der Waals surface area contributed by atoms with Crippen molar-refractivity contribution in [3.05, 3.63) is 82.4 Å². The molecule has 0 aliphatic carbocycles. The number of carbonyl (C=O) groups is 2. The second-order valence-electron chi connectivity index (χ2n) is 7.78. The molecule has 0 saturated carbocycles. The molecule has 0 spiro atoms. The smallest absolute Gasteiger partial charge is 0.338 e. The van der Waals surface area contributed by atoms with Gasteiger partial charge in [0.15, 0.2) is 17.2 Å². The maximum Gasteiger partial charge on any atom is 0.338 e. The van der Waals surface area contributed by atoms with E-state index in [2.05, 4.69) is 4.99 Å². The number of aromatic hydroxyl groups is 3. The van der Waals surface area contributed by atoms with E-state index in [1.807, 2.05) is 37.3 Å². The van der Waals surface area contributed by atoms with Crippen LogP contribution in [0.25, 0.3) is 0 Å². The molecule has 1 heterocycles. The van der Waals surface area contributed by atoms with Crippen LogP contribution in [0.4, 0.5) is 5.69 Å². The predicted octanol–water partition coefficient (Wildman–Crippen LogP) is 3.84. The number of benzodiazepines with no additional fused rings is 1. The standard InChI is InChI=1S/C16H13ClN2O2.C10H12O5/c1-19-13-8-7-11(17)9-12(13)14(18-15(20)16(19)21)10-5-3-2-4-6-10;1-2-3-15-10(14)6-4-7(11)9(13)8(12)5-6/h2-9,15,20H,1H3;4-5,11-13H,2-3H2,1H3. The lowest BCUT2D eigenvalue weighted by atomic mass is 10.0. The number of rotatable bonds is 4. The monoisotopic (exact) mass is 512 g/mol. The summed E-state index contributed by atoms with van der Waals surface area (Å²) in [6.07, 6.45) is -0.738. The Kier molecular flexibility index (Phi) is 8.52. The molecular weight excluding hydrogens is 488 g/mol. The molecule has 3 aromatic rings. The molecule has 3 aromatic carbocycles. The van der Waals surface area contributed by atoms with Crippen molar-refractivity contribution in [2.75, 3.05) is 18.6 Å². The van der Waals surface area contributed by atoms with E-state index in [0.717, 1.165) is 23.3 Å². The molecule has 4 rings (SSSR count). The number of phenols is 3. The summed E-state index contributed by atoms with van der Waals surface area (Å²) in [6.45, 7) is 2.11. The van der Waals surface area contributed by atoms with E-state index in [-0.39, 0.29) is 12.2 Å². The Morgan fingerprint density at radius 2 is 1.69 bits per heavy atom. The quantitative estimate of drug-likeness (QED) is 0.307. The third kappa shape index (κ3) is 5.94. The van der Waals surface area contributed by atoms with Crippen LogP contribution in [0.5, 0.6) is 17.2 Å². The molecule has 0 fully saturated rings. The van der Waals surface area contributed by atoms with Crippen molar-refractivity contribution in [3.63, 3.8) is 0 Å². The zero-order valence-electron chi connectivity index (χ0n) is 19.6. The Bertz CT molecular complexity index is 1270. The van der Waals surface area contributed by atoms with Crippen LogP contribution in [0.1, 0.15) is 34.8 Å². The van der Waals surface area contributed by atoms with Gasteiger partial charge in [0.05, 0.1) is 23.6 Å². The largest absolute Gasteiger partial charge is 0.504 e. The molecule has 10 heteroatoms. The molecule has 4 N–H and O–H groups in total. The number of aliphatic hydroxyl groups is 1. The molecular formula is C26H25ClN2O7. The number of nitrogens with zero attached hydrogens (tertiary/aromatic N) is 2. The predicted molar refractivity (Wildman–Crippen MR) is 135 cm³/mol. The first kappa shape index (κ1) is 26.5. The number of halogens is 1. The van der Waals surface area contributed by atoms with Crippen LogP contribution in [0.2, 0.25) is 5.02 Å². The minimum atomic E-state index is -1.42. The first-order chi connectivity index (χ1) is 17.1. The van der Waals surface area contributed by atoms with E-state index in [0.29, 0.717) is 22.8 Å². The average Bonchev–Trinajstić information content (AvgIpc) is 2.96. The van der Waals surface area contributed by atoms with Gasteiger partial charge in [0, 0.05) is 23.2 Å². The van der Waals surface area contributed by atoms with Crippen LogP contribution in [0.3, 0.4) is 0 Å². The van der Waals surface area contributed by atoms with Gasteiger partial charge in [-0.05, 0) is 36.8 Å². The van der Waals surface area contributed by atoms with Gasteiger partial charge in [0.1, 0.15) is 0 Å². The first-order valence-corrected chi connectivity index (χ1v) is 11.3. The summed E-state index contributed by atoms with van der Waals surface area (Å²) >= 11 is 6.08. The number of esters is 1. The number of ether oxygens (including phenoxy) is 1. The van der Waals surface area contributed by atoms with Gasteiger partial charge in [-0.1, -0.05) is 48.9 Å². The molecule has 188 valence electrons. The van der Waals surface area contributed by atoms with E-state index >= 15 is 0 Å². The van der Waals surface area contributed by atoms with Crippen LogP contribution in [-0.2, 0) is 9.53 Å². The van der Waals surface area contributed by atoms with Gasteiger partial charge in [0.25, 0.3) is 5.91 Å². The average molecular weight is 513 g/mol. The molecule has 0 bridgehead atoms. The number of amides is 1. The van der Waals surface area contributed by atoms with Gasteiger partial charge in [-0.25, -0.2) is 9.79 Å². The Labute approximate surface area is 212 Å². The number of carbonyl (C=O) groups excluding carboxylic acids is 2. The van der Waals surface area contributed by atoms with E-state index in [4.69, 9.17) is 31.7 Å². The van der Waals surface area contributed by atoms with E-state index in [9.17, 15) is 14.7 Å². The Morgan fingerprint density at radius 3 is 2.31 bits per heavy atom. The van der Waals surface area contributed by atoms with Gasteiger partial charge in [-0.2, -0.15) is 0 Å². The molecule has 1 unspecified atom stereocenters. The highest BCUT2D eigenvalue weighted by atomic mass is 35.5. The van der Waals surface area contributed by atoms with Gasteiger partial charge >= 0.3 is 5.97 Å². The normalized spacial score (nSPS) is 14.7. The number of benzene rings is 3. The summed E-state index contributed by atoms with van der Waals surface area (Å²) in [6, 6.07) is 16.7. The molecule has 1 aliphatic heterocycles. The number of hydrogen-bond acceptors (Lipinski definition) is 8. The second kappa shape index (κ2) is 11.6. The number of aliphatic imine (C=N–C) groups is 1. The zero-order chi connectivity index (χ0) is 26.4. The third-order valence-corrected chi connectivity index (χ3v) is 5.40. The molecule has 0 aromatic heterocycles. The van der Waals surface area contributed by atoms with Crippen molar-refractivity contribution >= 4 is 34.9 Å². The number of aliphatic hydroxyl groups excluding tert-OH is 1. The van der Waals surface area contributed by atoms with Crippen molar-refractivity contribution in [3.8, 4) is 17.2 Å². The summed E-state index contributed by atoms with van der Waals surface area (Å²) in [5.74, 6) is -2.88. The summed E-state index contributed by atoms with van der Waals surface area (Å²) in [5, 5.41) is 37.9. The molecule has 36 heavy (non-hydrogen) atoms. The van der Waals surface area contributed by atoms with E-state index in [1.165, 1.54) is 4.90 Å². The van der Waals surface area contributed by atoms with Crippen molar-refractivity contribution in [2.45, 2.75) is 19.6 Å². The first-order valence-electron chi connectivity index (χ1n) is 10.9. The number of anilines is 1. The number of hydrogen-bond donors (Lipinski definition) is 4. The van der Waals surface area contributed by atoms with Crippen molar-refractivity contribution in [1.82, 2.24) is 0 Å². The molecule has 1 amide bonds. The fourth-order valence-corrected chi connectivity index (χ4v) is 3.53. The summed E-state index contributed by atoms with van der Waals surface area (Å²) in [7, 11) is 1.61. The van der Waals surface area contributed by atoms with Crippen LogP contribution in [0, 0.1) is 0 Å². The number of phenolic OH excluding ortho intramolecular Hbond substituents is 3. The Morgan fingerprint density at radius 1 is 1.06 bits per heavy atom. The van der Waals surface area contributed by atoms with Crippen LogP contribution < -0.4 is 4.90 Å². The van der Waals surface area contributed by atoms with Crippen molar-refractivity contribution in [2.24, 2.45) is 4.99 Å². The maximum atomic E-state index is 12.1. The fraction of sp³-hybridized carbons (Fsp3) is 0.192. The zero-order valence-corrected chi connectivity index (χ0v) is 20.3. The van der Waals surface area contributed by atoms with Gasteiger partial charge in [0.2, 0.25) is 6.23 Å². The van der Waals surface area contributed by atoms with Crippen LogP contribution in [0.15, 0.2) is 65.7 Å². The molecule has 9 nitrogen and oxygen atoms in total. The second-order valence-corrected chi connectivity index (χ2v) is 8.21. The van der Waals surface area contributed by atoms with Gasteiger partial charge < -0.3 is 30.1 Å². The third-order valence-electron chi connectivity index (χ3n) is 5.17. The number of fused-ring (bicyclic) bond motifs is 1. The summed E-state index contributed by atoms with van der Waals surface area (Å²) in [5.41, 5.74) is 2.77. The van der Waals surface area contributed by atoms with E-state index in [1.54, 1.807) is 25.2 Å². The molecule has 0 radical (unpaired) electrons. The highest BCUT2D eigenvalue weighted by Crippen LogP contribution is 2.35. The lowest BCUT2D eigenvalue weighted by molar-refractivity contribution is -0.125. The molecule has 0 saturated heterocycles. The molecule has 1 atom stereocenters. The Balaban J connectivity index is 0.000000214. The molecule has 1 aliphatic rings. The minimum Gasteiger partial charge on any atom is -0.504 e. The lowest BCUT2D eigenvalue weighted by Crippen LogP contribution is -2.34. The highest BCUT2D eigenvalue weighted by molar-refractivity contribution is 6.32. The maximum absolute atomic E-state index is 12.1. The van der Waals surface area contributed by atoms with Crippen molar-refractivity contribution in [1.29, 1.82) is 0 Å². The number of likely N-dealkylation sites (N-methyl/N-ethyl adjacent to an activating group) is 1.